The molecule has 93 heavy (non-hydrogen) atoms. The van der Waals surface area contributed by atoms with E-state index in [0.29, 0.717) is 66.7 Å². The van der Waals surface area contributed by atoms with E-state index in [9.17, 15) is 44.7 Å². The molecule has 25 atom stereocenters. The van der Waals surface area contributed by atoms with Crippen LogP contribution in [0.1, 0.15) is 210 Å². The van der Waals surface area contributed by atoms with Crippen LogP contribution in [-0.2, 0) is 41.9 Å². The number of nitrogens with zero attached hydrogens (tertiary/aromatic N) is 8. The smallest absolute Gasteiger partial charge is 0.306 e. The largest absolute Gasteiger partial charge is 0.459 e. The molecule has 504 valence electrons. The first-order valence-electron chi connectivity index (χ1n) is 35.9. The lowest BCUT2D eigenvalue weighted by Crippen LogP contribution is -2.62. The van der Waals surface area contributed by atoms with E-state index in [4.69, 9.17) is 9.47 Å². The van der Waals surface area contributed by atoms with Crippen molar-refractivity contribution in [3.05, 3.63) is 95.6 Å². The molecule has 2 saturated heterocycles. The first-order chi connectivity index (χ1) is 44.6. The van der Waals surface area contributed by atoms with E-state index >= 15 is 0 Å². The fourth-order valence-electron chi connectivity index (χ4n) is 23.2. The lowest BCUT2D eigenvalue weighted by atomic mass is 9.43. The molecule has 14 rings (SSSR count). The van der Waals surface area contributed by atoms with Crippen molar-refractivity contribution in [1.29, 1.82) is 0 Å². The Kier molecular flexibility index (Phi) is 17.5. The molecule has 19 heteroatoms. The summed E-state index contributed by atoms with van der Waals surface area (Å²) in [6, 6.07) is 17.2. The summed E-state index contributed by atoms with van der Waals surface area (Å²) in [7, 11) is 0. The summed E-state index contributed by atoms with van der Waals surface area (Å²) in [5.74, 6) is 2.75. The second-order valence-corrected chi connectivity index (χ2v) is 32.3. The van der Waals surface area contributed by atoms with Crippen LogP contribution in [0.2, 0.25) is 0 Å². The predicted molar refractivity (Wildman–Crippen MR) is 343 cm³/mol. The maximum absolute atomic E-state index is 14.4. The van der Waals surface area contributed by atoms with Gasteiger partial charge >= 0.3 is 11.9 Å². The SMILES string of the molecule is C[C@H](CCC(=O)OCc1cn([C@@H]2C(=O)N(CCN3C(=O)[C@@H](n4cc(COC(=O)CC[C@@H](C)[C@H]5CC[C@H]6[C@@H]7[C@H](O)C[C@@H]8C[C@H](O)CC[C@]8(C)[C@H]7C[C@H](O)[C@]56C)nn4)[C@H]3c3ccccc3)[C@@H]2c2ccccc2)nn1)[C@H]1CC[C@H]2[C@@H]3CC[C@@H]4C[C@H](O)CC[C@]4(C)[C@H]3C[C@H](O)[C@]12C. The van der Waals surface area contributed by atoms with Gasteiger partial charge in [-0.05, 0) is 213 Å². The Bertz CT molecular complexity index is 3370. The number of aliphatic hydroxyl groups excluding tert-OH is 5. The molecule has 10 aliphatic rings. The van der Waals surface area contributed by atoms with Crippen molar-refractivity contribution in [2.75, 3.05) is 13.1 Å². The molecule has 4 aromatic rings. The zero-order valence-corrected chi connectivity index (χ0v) is 55.6. The highest BCUT2D eigenvalue weighted by molar-refractivity contribution is 5.89. The number of aromatic nitrogens is 6. The third-order valence-corrected chi connectivity index (χ3v) is 28.3. The van der Waals surface area contributed by atoms with Gasteiger partial charge in [0.05, 0.1) is 55.0 Å². The Morgan fingerprint density at radius 2 is 1.00 bits per heavy atom. The highest BCUT2D eigenvalue weighted by atomic mass is 16.5. The molecular weight excluding hydrogens is 1180 g/mol. The van der Waals surface area contributed by atoms with Crippen LogP contribution in [0, 0.1) is 92.7 Å². The predicted octanol–water partition coefficient (Wildman–Crippen LogP) is 9.69. The summed E-state index contributed by atoms with van der Waals surface area (Å²) in [6.45, 7) is 14.1. The molecule has 2 amide bonds. The molecule has 19 nitrogen and oxygen atoms in total. The molecule has 0 radical (unpaired) electrons. The zero-order chi connectivity index (χ0) is 65.0. The fraction of sp³-hybridized carbons (Fsp3) is 0.730. The van der Waals surface area contributed by atoms with Crippen LogP contribution in [-0.4, -0.2) is 133 Å². The Balaban J connectivity index is 0.562. The first-order valence-corrected chi connectivity index (χ1v) is 35.9. The number of hydrogen-bond donors (Lipinski definition) is 5. The average molecular weight is 1280 g/mol. The number of likely N-dealkylation sites (tertiary alicyclic amines) is 2. The van der Waals surface area contributed by atoms with Gasteiger partial charge in [0.2, 0.25) is 0 Å². The number of carbonyl (C=O) groups excluding carboxylic acids is 4. The molecule has 8 aliphatic carbocycles. The average Bonchev–Trinajstić information content (AvgIpc) is 1.69. The van der Waals surface area contributed by atoms with Crippen LogP contribution in [0.25, 0.3) is 0 Å². The number of fused-ring (bicyclic) bond motifs is 10. The van der Waals surface area contributed by atoms with E-state index < -0.39 is 36.4 Å². The summed E-state index contributed by atoms with van der Waals surface area (Å²) in [5, 5.41) is 74.5. The van der Waals surface area contributed by atoms with Gasteiger partial charge in [-0.1, -0.05) is 113 Å². The standard InChI is InChI=1S/C74H102N8O11/c1-42(53-21-23-55-52-20-19-46-33-50(83)27-29-71(46,3)57(52)36-60(86)73(53,55)5)17-25-62(88)92-40-48-38-81(77-75-48)67-65(44-13-9-7-10-14-44)79(69(67)90)31-32-80-66(45-15-11-8-12-16-45)68(70(80)91)82-39-49(76-78-82)41-93-63(89)26-18-43(2)54-22-24-56-64-58(37-61(87)74(54,56)6)72(4)30-28-51(84)34-47(72)35-59(64)85/h7-16,38-39,42-43,46-47,50-61,64-68,83-87H,17-37,40-41H2,1-6H3/t42-,43-,46-,47+,50-,51-,52+,53-,54-,55+,56+,57+,58+,59-,60+,61+,64+,65-,66-,67+,68+,71+,72+,73-,74-/m1/s1. The molecule has 4 heterocycles. The van der Waals surface area contributed by atoms with Crippen molar-refractivity contribution in [1.82, 2.24) is 39.8 Å². The Morgan fingerprint density at radius 3 is 1.52 bits per heavy atom. The van der Waals surface area contributed by atoms with Crippen LogP contribution in [0.4, 0.5) is 0 Å². The van der Waals surface area contributed by atoms with Crippen molar-refractivity contribution < 1.29 is 54.2 Å². The highest BCUT2D eigenvalue weighted by Crippen LogP contribution is 2.70. The second-order valence-electron chi connectivity index (χ2n) is 32.3. The summed E-state index contributed by atoms with van der Waals surface area (Å²) in [5.41, 5.74) is 2.28. The number of amides is 2. The number of carbonyl (C=O) groups is 4. The maximum atomic E-state index is 14.4. The van der Waals surface area contributed by atoms with Crippen molar-refractivity contribution >= 4 is 23.8 Å². The molecular formula is C74H102N8O11. The van der Waals surface area contributed by atoms with Crippen LogP contribution in [0.15, 0.2) is 73.1 Å². The van der Waals surface area contributed by atoms with Gasteiger partial charge in [0.1, 0.15) is 24.6 Å². The van der Waals surface area contributed by atoms with Gasteiger partial charge in [-0.25, -0.2) is 9.36 Å². The van der Waals surface area contributed by atoms with Crippen molar-refractivity contribution in [3.8, 4) is 0 Å². The molecule has 8 saturated carbocycles. The first kappa shape index (κ1) is 64.7. The molecule has 2 aromatic carbocycles. The molecule has 2 aliphatic heterocycles. The number of esters is 2. The minimum atomic E-state index is -0.720. The van der Waals surface area contributed by atoms with Crippen LogP contribution >= 0.6 is 0 Å². The number of rotatable bonds is 19. The quantitative estimate of drug-likeness (QED) is 0.0433. The number of hydrogen-bond acceptors (Lipinski definition) is 15. The highest BCUT2D eigenvalue weighted by Gasteiger charge is 2.67. The Morgan fingerprint density at radius 1 is 0.538 bits per heavy atom. The summed E-state index contributed by atoms with van der Waals surface area (Å²) >= 11 is 0. The number of aliphatic hydroxyl groups is 5. The van der Waals surface area contributed by atoms with Crippen molar-refractivity contribution in [3.63, 3.8) is 0 Å². The van der Waals surface area contributed by atoms with Gasteiger partial charge in [0.15, 0.2) is 12.1 Å². The minimum Gasteiger partial charge on any atom is -0.459 e. The number of benzene rings is 2. The van der Waals surface area contributed by atoms with Gasteiger partial charge in [0.25, 0.3) is 11.8 Å². The molecule has 0 spiro atoms. The summed E-state index contributed by atoms with van der Waals surface area (Å²) in [4.78, 5) is 59.2. The number of β-lactam (4-membered cyclic amide) rings is 2. The van der Waals surface area contributed by atoms with E-state index in [0.717, 1.165) is 81.8 Å². The normalized spacial score (nSPS) is 41.5. The van der Waals surface area contributed by atoms with Gasteiger partial charge in [-0.2, -0.15) is 0 Å². The van der Waals surface area contributed by atoms with Crippen LogP contribution in [0.5, 0.6) is 0 Å². The second kappa shape index (κ2) is 25.1. The monoisotopic (exact) mass is 1280 g/mol. The van der Waals surface area contributed by atoms with Gasteiger partial charge in [-0.3, -0.25) is 19.2 Å². The molecule has 5 N–H and O–H groups in total. The van der Waals surface area contributed by atoms with E-state index in [2.05, 4.69) is 62.2 Å². The van der Waals surface area contributed by atoms with Crippen LogP contribution in [0.3, 0.4) is 0 Å². The van der Waals surface area contributed by atoms with Crippen LogP contribution < -0.4 is 0 Å². The van der Waals surface area contributed by atoms with Gasteiger partial charge in [0, 0.05) is 25.9 Å². The fourth-order valence-corrected chi connectivity index (χ4v) is 23.2. The third kappa shape index (κ3) is 11.0. The molecule has 2 aromatic heterocycles. The van der Waals surface area contributed by atoms with Crippen molar-refractivity contribution in [2.24, 2.45) is 92.7 Å². The molecule has 0 bridgehead atoms. The lowest BCUT2D eigenvalue weighted by Gasteiger charge is -2.63. The topological polar surface area (TPSA) is 256 Å². The molecule has 10 fully saturated rings. The Hall–Kier alpha value is -5.60. The van der Waals surface area contributed by atoms with Gasteiger partial charge < -0.3 is 44.8 Å². The van der Waals surface area contributed by atoms with Gasteiger partial charge in [-0.15, -0.1) is 10.2 Å². The maximum Gasteiger partial charge on any atom is 0.306 e. The minimum absolute atomic E-state index is 0.00402. The van der Waals surface area contributed by atoms with E-state index in [1.165, 1.54) is 12.8 Å². The lowest BCUT2D eigenvalue weighted by molar-refractivity contribution is -0.207. The van der Waals surface area contributed by atoms with E-state index in [1.54, 1.807) is 31.6 Å². The number of ether oxygens (including phenoxy) is 2. The summed E-state index contributed by atoms with van der Waals surface area (Å²) < 4.78 is 14.7. The molecule has 0 unspecified atom stereocenters. The third-order valence-electron chi connectivity index (χ3n) is 28.3. The van der Waals surface area contributed by atoms with Crippen molar-refractivity contribution in [2.45, 2.75) is 231 Å². The van der Waals surface area contributed by atoms with E-state index in [-0.39, 0.29) is 144 Å². The Labute approximate surface area is 548 Å². The summed E-state index contributed by atoms with van der Waals surface area (Å²) in [6.07, 6.45) is 17.1. The van der Waals surface area contributed by atoms with E-state index in [1.807, 2.05) is 60.7 Å². The zero-order valence-electron chi connectivity index (χ0n) is 55.6.